The number of hydrogen-bond acceptors (Lipinski definition) is 4. The highest BCUT2D eigenvalue weighted by molar-refractivity contribution is 6.60. The molecule has 0 aromatic rings. The molecule has 142 valence electrons. The van der Waals surface area contributed by atoms with Gasteiger partial charge in [0.15, 0.2) is 0 Å². The van der Waals surface area contributed by atoms with Crippen LogP contribution in [0.25, 0.3) is 0 Å². The topological polar surface area (TPSA) is 36.9 Å². The summed E-state index contributed by atoms with van der Waals surface area (Å²) in [5, 5.41) is 0. The molecule has 2 saturated heterocycles. The zero-order valence-corrected chi connectivity index (χ0v) is 17.7. The first-order valence-corrected chi connectivity index (χ1v) is 9.64. The van der Waals surface area contributed by atoms with Crippen LogP contribution in [0.3, 0.4) is 0 Å². The van der Waals surface area contributed by atoms with Crippen molar-refractivity contribution in [1.82, 2.24) is 0 Å². The van der Waals surface area contributed by atoms with Gasteiger partial charge in [-0.25, -0.2) is 0 Å². The Labute approximate surface area is 155 Å². The monoisotopic (exact) mass is 350 g/mol. The van der Waals surface area contributed by atoms with Gasteiger partial charge in [-0.1, -0.05) is 19.8 Å². The molecule has 0 saturated carbocycles. The maximum atomic E-state index is 6.31. The van der Waals surface area contributed by atoms with Crippen LogP contribution in [0.4, 0.5) is 0 Å². The molecule has 0 bridgehead atoms. The minimum absolute atomic E-state index is 0.0516. The molecule has 2 fully saturated rings. The van der Waals surface area contributed by atoms with E-state index in [4.69, 9.17) is 18.6 Å². The van der Waals surface area contributed by atoms with Gasteiger partial charge in [0, 0.05) is 5.82 Å². The van der Waals surface area contributed by atoms with Gasteiger partial charge in [0.1, 0.15) is 0 Å². The fraction of sp³-hybridized carbons (Fsp3) is 0.895. The van der Waals surface area contributed by atoms with Crippen molar-refractivity contribution in [3.8, 4) is 0 Å². The Bertz CT molecular complexity index is 482. The first-order valence-electron chi connectivity index (χ1n) is 9.64. The second-order valence-electron chi connectivity index (χ2n) is 9.54. The molecule has 0 amide bonds. The minimum Gasteiger partial charge on any atom is -0.403 e. The molecule has 2 aliphatic heterocycles. The van der Waals surface area contributed by atoms with Crippen molar-refractivity contribution in [3.63, 3.8) is 0 Å². The quantitative estimate of drug-likeness (QED) is 0.643. The van der Waals surface area contributed by atoms with Crippen LogP contribution in [0.5, 0.6) is 0 Å². The smallest absolute Gasteiger partial charge is 0.403 e. The summed E-state index contributed by atoms with van der Waals surface area (Å²) in [7, 11) is -0.742. The molecule has 6 heteroatoms. The number of rotatable bonds is 6. The highest BCUT2D eigenvalue weighted by atomic mass is 16.7. The fourth-order valence-corrected chi connectivity index (χ4v) is 3.14. The van der Waals surface area contributed by atoms with Gasteiger partial charge in [0.25, 0.3) is 0 Å². The summed E-state index contributed by atoms with van der Waals surface area (Å²) >= 11 is 0. The first-order chi connectivity index (χ1) is 11.2. The SMILES string of the molecule is C=C(B1OC(C)(C)C(C)(C)O1)C(CCCC)B1OC(C)(C)C(C)(C)O1. The molecule has 0 spiro atoms. The predicted molar refractivity (Wildman–Crippen MR) is 105 cm³/mol. The molecule has 4 nitrogen and oxygen atoms in total. The van der Waals surface area contributed by atoms with E-state index >= 15 is 0 Å². The lowest BCUT2D eigenvalue weighted by Crippen LogP contribution is -2.41. The number of unbranched alkanes of at least 4 members (excludes halogenated alkanes) is 1. The fourth-order valence-electron chi connectivity index (χ4n) is 3.14. The molecule has 0 aliphatic carbocycles. The Morgan fingerprint density at radius 3 is 1.60 bits per heavy atom. The van der Waals surface area contributed by atoms with E-state index in [1.807, 2.05) is 0 Å². The highest BCUT2D eigenvalue weighted by Gasteiger charge is 2.58. The van der Waals surface area contributed by atoms with Gasteiger partial charge in [0.05, 0.1) is 22.4 Å². The molecule has 25 heavy (non-hydrogen) atoms. The Morgan fingerprint density at radius 2 is 1.20 bits per heavy atom. The lowest BCUT2D eigenvalue weighted by Gasteiger charge is -2.32. The highest BCUT2D eigenvalue weighted by Crippen LogP contribution is 2.46. The third kappa shape index (κ3) is 3.87. The molecule has 1 unspecified atom stereocenters. The zero-order valence-electron chi connectivity index (χ0n) is 17.7. The van der Waals surface area contributed by atoms with Crippen molar-refractivity contribution >= 4 is 14.2 Å². The number of allylic oxidation sites excluding steroid dienone is 1. The van der Waals surface area contributed by atoms with Crippen molar-refractivity contribution in [3.05, 3.63) is 12.1 Å². The van der Waals surface area contributed by atoms with Gasteiger partial charge in [-0.3, -0.25) is 0 Å². The summed E-state index contributed by atoms with van der Waals surface area (Å²) in [6, 6.07) is 0. The van der Waals surface area contributed by atoms with Crippen LogP contribution in [0, 0.1) is 0 Å². The normalized spacial score (nSPS) is 27.6. The molecule has 0 aromatic carbocycles. The Kier molecular flexibility index (Phi) is 5.63. The van der Waals surface area contributed by atoms with E-state index in [2.05, 4.69) is 68.9 Å². The third-order valence-electron chi connectivity index (χ3n) is 6.50. The van der Waals surface area contributed by atoms with E-state index < -0.39 is 7.12 Å². The maximum Gasteiger partial charge on any atom is 0.489 e. The van der Waals surface area contributed by atoms with E-state index in [0.717, 1.165) is 24.7 Å². The average Bonchev–Trinajstić information content (AvgIpc) is 2.79. The number of hydrogen-bond donors (Lipinski definition) is 0. The molecule has 2 aliphatic rings. The van der Waals surface area contributed by atoms with Crippen molar-refractivity contribution in [1.29, 1.82) is 0 Å². The van der Waals surface area contributed by atoms with E-state index in [1.165, 1.54) is 0 Å². The van der Waals surface area contributed by atoms with E-state index in [-0.39, 0.29) is 35.3 Å². The Balaban J connectivity index is 2.20. The summed E-state index contributed by atoms with van der Waals surface area (Å²) in [5.74, 6) is 0.0516. The molecule has 2 rings (SSSR count). The predicted octanol–water partition coefficient (Wildman–Crippen LogP) is 4.83. The summed E-state index contributed by atoms with van der Waals surface area (Å²) in [4.78, 5) is 0. The first kappa shape index (κ1) is 21.0. The van der Waals surface area contributed by atoms with Crippen LogP contribution >= 0.6 is 0 Å². The van der Waals surface area contributed by atoms with Crippen LogP contribution in [0.1, 0.15) is 81.6 Å². The maximum absolute atomic E-state index is 6.31. The van der Waals surface area contributed by atoms with Gasteiger partial charge in [-0.15, -0.1) is 6.58 Å². The van der Waals surface area contributed by atoms with Gasteiger partial charge in [-0.05, 0) is 67.3 Å². The molecule has 0 radical (unpaired) electrons. The van der Waals surface area contributed by atoms with Crippen LogP contribution in [-0.4, -0.2) is 36.6 Å². The average molecular weight is 350 g/mol. The molecule has 0 N–H and O–H groups in total. The van der Waals surface area contributed by atoms with Crippen LogP contribution in [0.2, 0.25) is 5.82 Å². The summed E-state index contributed by atoms with van der Waals surface area (Å²) in [6.45, 7) is 23.1. The van der Waals surface area contributed by atoms with Crippen LogP contribution < -0.4 is 0 Å². The third-order valence-corrected chi connectivity index (χ3v) is 6.50. The van der Waals surface area contributed by atoms with Gasteiger partial charge in [0.2, 0.25) is 0 Å². The zero-order chi connectivity index (χ0) is 19.3. The second kappa shape index (κ2) is 6.70. The molecule has 0 aromatic heterocycles. The largest absolute Gasteiger partial charge is 0.489 e. The molecular formula is C19H36B2O4. The summed E-state index contributed by atoms with van der Waals surface area (Å²) < 4.78 is 25.1. The van der Waals surface area contributed by atoms with Crippen molar-refractivity contribution in [2.75, 3.05) is 0 Å². The van der Waals surface area contributed by atoms with Crippen molar-refractivity contribution in [2.24, 2.45) is 0 Å². The van der Waals surface area contributed by atoms with E-state index in [0.29, 0.717) is 0 Å². The van der Waals surface area contributed by atoms with Gasteiger partial charge >= 0.3 is 14.2 Å². The van der Waals surface area contributed by atoms with Crippen molar-refractivity contribution in [2.45, 2.75) is 110 Å². The van der Waals surface area contributed by atoms with E-state index in [9.17, 15) is 0 Å². The van der Waals surface area contributed by atoms with Gasteiger partial charge < -0.3 is 18.6 Å². The summed E-state index contributed by atoms with van der Waals surface area (Å²) in [6.07, 6.45) is 3.16. The second-order valence-corrected chi connectivity index (χ2v) is 9.54. The van der Waals surface area contributed by atoms with Crippen LogP contribution in [-0.2, 0) is 18.6 Å². The van der Waals surface area contributed by atoms with E-state index in [1.54, 1.807) is 0 Å². The summed E-state index contributed by atoms with van der Waals surface area (Å²) in [5.41, 5.74) is -0.514. The lowest BCUT2D eigenvalue weighted by atomic mass is 9.56. The molecule has 1 atom stereocenters. The Hall–Kier alpha value is -0.290. The standard InChI is InChI=1S/C19H36B2O4/c1-11-12-13-15(21-24-18(7,8)19(9,10)25-21)14(2)20-22-16(3,4)17(5,6)23-20/h15H,2,11-13H2,1,3-10H3. The Morgan fingerprint density at radius 1 is 0.800 bits per heavy atom. The molecular weight excluding hydrogens is 314 g/mol. The van der Waals surface area contributed by atoms with Crippen molar-refractivity contribution < 1.29 is 18.6 Å². The van der Waals surface area contributed by atoms with Gasteiger partial charge in [-0.2, -0.15) is 0 Å². The van der Waals surface area contributed by atoms with Crippen LogP contribution in [0.15, 0.2) is 12.1 Å². The molecule has 2 heterocycles. The lowest BCUT2D eigenvalue weighted by molar-refractivity contribution is 0.00578. The minimum atomic E-state index is -0.425.